The summed E-state index contributed by atoms with van der Waals surface area (Å²) in [5, 5.41) is 4.25. The van der Waals surface area contributed by atoms with Crippen molar-refractivity contribution in [1.29, 1.82) is 0 Å². The third-order valence-corrected chi connectivity index (χ3v) is 6.10. The predicted molar refractivity (Wildman–Crippen MR) is 103 cm³/mol. The number of carbonyl (C=O) groups is 1. The lowest BCUT2D eigenvalue weighted by molar-refractivity contribution is 0.0674. The van der Waals surface area contributed by atoms with E-state index in [1.54, 1.807) is 6.20 Å². The van der Waals surface area contributed by atoms with E-state index in [0.29, 0.717) is 13.1 Å². The van der Waals surface area contributed by atoms with Gasteiger partial charge in [0.15, 0.2) is 0 Å². The van der Waals surface area contributed by atoms with Crippen molar-refractivity contribution >= 4 is 5.91 Å². The molecule has 1 aliphatic heterocycles. The molecule has 4 rings (SSSR count). The Labute approximate surface area is 155 Å². The van der Waals surface area contributed by atoms with Gasteiger partial charge < -0.3 is 10.6 Å². The maximum absolute atomic E-state index is 13.0. The minimum Gasteiger partial charge on any atom is -0.330 e. The summed E-state index contributed by atoms with van der Waals surface area (Å²) in [6, 6.07) is 8.28. The fraction of sp³-hybridized carbons (Fsp3) is 0.524. The van der Waals surface area contributed by atoms with Crippen molar-refractivity contribution in [2.45, 2.75) is 51.1 Å². The lowest BCUT2D eigenvalue weighted by Gasteiger charge is -2.31. The molecule has 1 aromatic heterocycles. The number of hydrogen-bond acceptors (Lipinski definition) is 3. The fourth-order valence-corrected chi connectivity index (χ4v) is 4.61. The fourth-order valence-electron chi connectivity index (χ4n) is 4.61. The highest BCUT2D eigenvalue weighted by molar-refractivity contribution is 5.99. The number of rotatable bonds is 5. The summed E-state index contributed by atoms with van der Waals surface area (Å²) < 4.78 is 1.86. The van der Waals surface area contributed by atoms with Crippen LogP contribution in [0, 0.1) is 5.92 Å². The van der Waals surface area contributed by atoms with Gasteiger partial charge in [-0.1, -0.05) is 38.2 Å². The lowest BCUT2D eigenvalue weighted by atomic mass is 9.84. The smallest absolute Gasteiger partial charge is 0.254 e. The standard InChI is InChI=1S/C21H28N4O/c1-24-20(9-10-23-24)16-7-8-19-17(12-16)14-25(21(19)26)18(13-22)11-15-5-3-2-4-6-15/h7-10,12,15,18H,2-6,11,13-14,22H2,1H3. The molecule has 2 N–H and O–H groups in total. The number of nitrogens with zero attached hydrogens (tertiary/aromatic N) is 3. The molecule has 1 unspecified atom stereocenters. The van der Waals surface area contributed by atoms with Gasteiger partial charge in [0.05, 0.1) is 5.69 Å². The molecule has 2 heterocycles. The van der Waals surface area contributed by atoms with Crippen molar-refractivity contribution in [3.63, 3.8) is 0 Å². The highest BCUT2D eigenvalue weighted by atomic mass is 16.2. The van der Waals surface area contributed by atoms with E-state index in [-0.39, 0.29) is 11.9 Å². The molecule has 2 aliphatic rings. The Morgan fingerprint density at radius 1 is 1.23 bits per heavy atom. The van der Waals surface area contributed by atoms with Crippen molar-refractivity contribution < 1.29 is 4.79 Å². The van der Waals surface area contributed by atoms with E-state index in [0.717, 1.165) is 34.7 Å². The van der Waals surface area contributed by atoms with Crippen molar-refractivity contribution in [3.05, 3.63) is 41.6 Å². The molecule has 0 bridgehead atoms. The summed E-state index contributed by atoms with van der Waals surface area (Å²) in [5.41, 5.74) is 10.2. The van der Waals surface area contributed by atoms with Crippen molar-refractivity contribution in [1.82, 2.24) is 14.7 Å². The zero-order valence-corrected chi connectivity index (χ0v) is 15.5. The van der Waals surface area contributed by atoms with Crippen LogP contribution in [0.5, 0.6) is 0 Å². The van der Waals surface area contributed by atoms with Gasteiger partial charge in [-0.15, -0.1) is 0 Å². The highest BCUT2D eigenvalue weighted by Gasteiger charge is 2.33. The second kappa shape index (κ2) is 7.23. The van der Waals surface area contributed by atoms with Gasteiger partial charge in [-0.05, 0) is 36.1 Å². The first-order chi connectivity index (χ1) is 12.7. The van der Waals surface area contributed by atoms with Crippen LogP contribution < -0.4 is 5.73 Å². The largest absolute Gasteiger partial charge is 0.330 e. The van der Waals surface area contributed by atoms with Crippen LogP contribution in [-0.2, 0) is 13.6 Å². The molecule has 1 amide bonds. The SMILES string of the molecule is Cn1nccc1-c1ccc2c(c1)CN(C(CN)CC1CCCCC1)C2=O. The molecule has 1 atom stereocenters. The molecule has 1 aromatic carbocycles. The summed E-state index contributed by atoms with van der Waals surface area (Å²) in [6.07, 6.45) is 9.43. The Morgan fingerprint density at radius 3 is 2.73 bits per heavy atom. The topological polar surface area (TPSA) is 64.2 Å². The van der Waals surface area contributed by atoms with E-state index in [4.69, 9.17) is 5.73 Å². The van der Waals surface area contributed by atoms with Gasteiger partial charge in [0.2, 0.25) is 0 Å². The van der Waals surface area contributed by atoms with Gasteiger partial charge in [0.25, 0.3) is 5.91 Å². The number of aromatic nitrogens is 2. The summed E-state index contributed by atoms with van der Waals surface area (Å²) in [4.78, 5) is 15.0. The van der Waals surface area contributed by atoms with Gasteiger partial charge in [-0.25, -0.2) is 0 Å². The average molecular weight is 352 g/mol. The van der Waals surface area contributed by atoms with E-state index in [9.17, 15) is 4.79 Å². The number of nitrogens with two attached hydrogens (primary N) is 1. The molecular formula is C21H28N4O. The molecule has 138 valence electrons. The van der Waals surface area contributed by atoms with Crippen molar-refractivity contribution in [2.75, 3.05) is 6.54 Å². The number of aryl methyl sites for hydroxylation is 1. The zero-order chi connectivity index (χ0) is 18.1. The van der Waals surface area contributed by atoms with Gasteiger partial charge in [-0.2, -0.15) is 5.10 Å². The maximum atomic E-state index is 13.0. The normalized spacial score (nSPS) is 19.0. The first-order valence-corrected chi connectivity index (χ1v) is 9.79. The number of fused-ring (bicyclic) bond motifs is 1. The van der Waals surface area contributed by atoms with E-state index in [2.05, 4.69) is 11.2 Å². The van der Waals surface area contributed by atoms with Crippen molar-refractivity contribution in [2.24, 2.45) is 18.7 Å². The molecule has 1 fully saturated rings. The van der Waals surface area contributed by atoms with Crippen LogP contribution in [0.1, 0.15) is 54.4 Å². The average Bonchev–Trinajstić information content (AvgIpc) is 3.24. The van der Waals surface area contributed by atoms with Crippen molar-refractivity contribution in [3.8, 4) is 11.3 Å². The monoisotopic (exact) mass is 352 g/mol. The molecule has 0 spiro atoms. The molecule has 0 radical (unpaired) electrons. The highest BCUT2D eigenvalue weighted by Crippen LogP contribution is 2.33. The maximum Gasteiger partial charge on any atom is 0.254 e. The van der Waals surface area contributed by atoms with E-state index in [1.165, 1.54) is 32.1 Å². The number of hydrogen-bond donors (Lipinski definition) is 1. The molecule has 5 heteroatoms. The molecule has 2 aromatic rings. The summed E-state index contributed by atoms with van der Waals surface area (Å²) >= 11 is 0. The Morgan fingerprint density at radius 2 is 2.04 bits per heavy atom. The minimum atomic E-state index is 0.141. The predicted octanol–water partition coefficient (Wildman–Crippen LogP) is 3.34. The molecular weight excluding hydrogens is 324 g/mol. The van der Waals surface area contributed by atoms with Gasteiger partial charge in [-0.3, -0.25) is 9.48 Å². The molecule has 26 heavy (non-hydrogen) atoms. The lowest BCUT2D eigenvalue weighted by Crippen LogP contribution is -2.42. The van der Waals surface area contributed by atoms with E-state index in [1.807, 2.05) is 34.8 Å². The summed E-state index contributed by atoms with van der Waals surface area (Å²) in [6.45, 7) is 1.22. The third-order valence-electron chi connectivity index (χ3n) is 6.10. The first kappa shape index (κ1) is 17.3. The molecule has 1 aliphatic carbocycles. The van der Waals surface area contributed by atoms with Gasteiger partial charge >= 0.3 is 0 Å². The first-order valence-electron chi connectivity index (χ1n) is 9.79. The Balaban J connectivity index is 1.53. The van der Waals surface area contributed by atoms with E-state index < -0.39 is 0 Å². The van der Waals surface area contributed by atoms with Crippen LogP contribution in [0.2, 0.25) is 0 Å². The number of amides is 1. The Kier molecular flexibility index (Phi) is 4.81. The molecule has 1 saturated carbocycles. The second-order valence-corrected chi connectivity index (χ2v) is 7.77. The van der Waals surface area contributed by atoms with Gasteiger partial charge in [0.1, 0.15) is 0 Å². The zero-order valence-electron chi connectivity index (χ0n) is 15.5. The molecule has 5 nitrogen and oxygen atoms in total. The van der Waals surface area contributed by atoms with Crippen LogP contribution >= 0.6 is 0 Å². The van der Waals surface area contributed by atoms with Crippen LogP contribution in [0.3, 0.4) is 0 Å². The van der Waals surface area contributed by atoms with Gasteiger partial charge in [0, 0.05) is 43.5 Å². The summed E-state index contributed by atoms with van der Waals surface area (Å²) in [5.74, 6) is 0.863. The second-order valence-electron chi connectivity index (χ2n) is 7.77. The van der Waals surface area contributed by atoms with Crippen LogP contribution in [0.4, 0.5) is 0 Å². The van der Waals surface area contributed by atoms with Crippen LogP contribution in [0.25, 0.3) is 11.3 Å². The summed E-state index contributed by atoms with van der Waals surface area (Å²) in [7, 11) is 1.94. The Bertz CT molecular complexity index is 791. The number of carbonyl (C=O) groups excluding carboxylic acids is 1. The third kappa shape index (κ3) is 3.16. The minimum absolute atomic E-state index is 0.141. The number of benzene rings is 1. The van der Waals surface area contributed by atoms with E-state index >= 15 is 0 Å². The Hall–Kier alpha value is -2.14. The quantitative estimate of drug-likeness (QED) is 0.897. The van der Waals surface area contributed by atoms with Crippen LogP contribution in [-0.4, -0.2) is 33.2 Å². The van der Waals surface area contributed by atoms with Crippen LogP contribution in [0.15, 0.2) is 30.5 Å². The molecule has 0 saturated heterocycles.